The second-order valence-electron chi connectivity index (χ2n) is 2.32. The lowest BCUT2D eigenvalue weighted by molar-refractivity contribution is -0.382. The molecule has 90 valence electrons. The predicted octanol–water partition coefficient (Wildman–Crippen LogP) is 3.43. The molecule has 0 atom stereocenters. The van der Waals surface area contributed by atoms with Crippen LogP contribution in [0.2, 0.25) is 0 Å². The summed E-state index contributed by atoms with van der Waals surface area (Å²) in [5.41, 5.74) is -5.48. The Kier molecular flexibility index (Phi) is 3.84. The molecule has 0 rings (SSSR count). The Bertz CT molecular complexity index is 233. The summed E-state index contributed by atoms with van der Waals surface area (Å²) in [6, 6.07) is 0. The van der Waals surface area contributed by atoms with Crippen LogP contribution in [0.5, 0.6) is 0 Å². The summed E-state index contributed by atoms with van der Waals surface area (Å²) in [5, 5.41) is 0. The van der Waals surface area contributed by atoms with Crippen molar-refractivity contribution in [3.63, 3.8) is 0 Å². The van der Waals surface area contributed by atoms with Gasteiger partial charge in [-0.15, -0.1) is 15.3 Å². The van der Waals surface area contributed by atoms with Crippen molar-refractivity contribution in [2.24, 2.45) is 0 Å². The Morgan fingerprint density at radius 2 is 1.00 bits per heavy atom. The summed E-state index contributed by atoms with van der Waals surface area (Å²) < 4.78 is 107. The topological polar surface area (TPSA) is 0 Å². The molecule has 0 N–H and O–H groups in total. The number of halogens is 10. The van der Waals surface area contributed by atoms with Crippen molar-refractivity contribution in [3.8, 4) is 0 Å². The molecule has 0 heterocycles. The summed E-state index contributed by atoms with van der Waals surface area (Å²) in [6.07, 6.45) is -6.74. The van der Waals surface area contributed by atoms with Crippen molar-refractivity contribution < 1.29 is 39.5 Å². The number of alkyl halides is 9. The monoisotopic (exact) mass is 326 g/mol. The molecule has 0 aliphatic rings. The average Bonchev–Trinajstić information content (AvgIpc) is 2.01. The molecular formula is C4BrF9Si. The Hall–Kier alpha value is 0.0669. The summed E-state index contributed by atoms with van der Waals surface area (Å²) >= 11 is 1.76. The van der Waals surface area contributed by atoms with Gasteiger partial charge in [-0.25, -0.2) is 8.78 Å². The fourth-order valence-electron chi connectivity index (χ4n) is 0.435. The van der Waals surface area contributed by atoms with Gasteiger partial charge in [0.2, 0.25) is 8.14 Å². The van der Waals surface area contributed by atoms with Gasteiger partial charge < -0.3 is 0 Å². The van der Waals surface area contributed by atoms with Crippen LogP contribution in [0.25, 0.3) is 0 Å². The molecule has 0 saturated heterocycles. The van der Waals surface area contributed by atoms with E-state index in [0.29, 0.717) is 0 Å². The SMILES string of the molecule is FC(F)(F)C(F)(F)C(F)(F)C(F)(F)[Si]Br. The maximum atomic E-state index is 12.2. The molecular weight excluding hydrogens is 327 g/mol. The second-order valence-corrected chi connectivity index (χ2v) is 4.32. The zero-order chi connectivity index (χ0) is 12.7. The van der Waals surface area contributed by atoms with E-state index >= 15 is 0 Å². The highest BCUT2D eigenvalue weighted by Gasteiger charge is 2.81. The smallest absolute Gasteiger partial charge is 0.204 e. The zero-order valence-corrected chi connectivity index (χ0v) is 8.87. The molecule has 2 radical (unpaired) electrons. The Morgan fingerprint density at radius 1 is 0.667 bits per heavy atom. The minimum absolute atomic E-state index is 1.76. The molecule has 15 heavy (non-hydrogen) atoms. The van der Waals surface area contributed by atoms with Crippen LogP contribution < -0.4 is 0 Å². The molecule has 0 nitrogen and oxygen atoms in total. The molecule has 0 aromatic carbocycles. The van der Waals surface area contributed by atoms with Crippen LogP contribution in [0.4, 0.5) is 39.5 Å². The quantitative estimate of drug-likeness (QED) is 0.423. The Morgan fingerprint density at radius 3 is 1.20 bits per heavy atom. The van der Waals surface area contributed by atoms with Crippen LogP contribution in [-0.2, 0) is 0 Å². The van der Waals surface area contributed by atoms with E-state index in [-0.39, 0.29) is 0 Å². The first kappa shape index (κ1) is 15.1. The fourth-order valence-corrected chi connectivity index (χ4v) is 1.46. The summed E-state index contributed by atoms with van der Waals surface area (Å²) in [6.45, 7) is 0. The van der Waals surface area contributed by atoms with Crippen molar-refractivity contribution in [2.75, 3.05) is 0 Å². The van der Waals surface area contributed by atoms with Gasteiger partial charge in [-0.3, -0.25) is 0 Å². The molecule has 0 fully saturated rings. The predicted molar refractivity (Wildman–Crippen MR) is 35.6 cm³/mol. The highest BCUT2D eigenvalue weighted by molar-refractivity contribution is 9.23. The highest BCUT2D eigenvalue weighted by atomic mass is 79.9. The first-order chi connectivity index (χ1) is 6.31. The van der Waals surface area contributed by atoms with Gasteiger partial charge in [0, 0.05) is 0 Å². The highest BCUT2D eigenvalue weighted by Crippen LogP contribution is 2.52. The number of rotatable bonds is 3. The van der Waals surface area contributed by atoms with Crippen molar-refractivity contribution in [1.29, 1.82) is 0 Å². The van der Waals surface area contributed by atoms with Gasteiger partial charge >= 0.3 is 23.6 Å². The van der Waals surface area contributed by atoms with E-state index in [1.54, 1.807) is 15.3 Å². The van der Waals surface area contributed by atoms with E-state index in [1.165, 1.54) is 0 Å². The van der Waals surface area contributed by atoms with Gasteiger partial charge in [0.1, 0.15) is 0 Å². The van der Waals surface area contributed by atoms with Crippen molar-refractivity contribution in [2.45, 2.75) is 23.6 Å². The van der Waals surface area contributed by atoms with Gasteiger partial charge in [-0.1, -0.05) is 0 Å². The van der Waals surface area contributed by atoms with E-state index < -0.39 is 31.7 Å². The first-order valence-electron chi connectivity index (χ1n) is 2.89. The van der Waals surface area contributed by atoms with Crippen molar-refractivity contribution in [3.05, 3.63) is 0 Å². The molecule has 0 amide bonds. The van der Waals surface area contributed by atoms with Crippen LogP contribution in [0.1, 0.15) is 0 Å². The lowest BCUT2D eigenvalue weighted by Gasteiger charge is -2.32. The van der Waals surface area contributed by atoms with Crippen molar-refractivity contribution >= 4 is 23.4 Å². The molecule has 0 aromatic rings. The van der Waals surface area contributed by atoms with E-state index in [4.69, 9.17) is 0 Å². The average molecular weight is 327 g/mol. The fraction of sp³-hybridized carbons (Fsp3) is 1.00. The van der Waals surface area contributed by atoms with E-state index in [9.17, 15) is 39.5 Å². The van der Waals surface area contributed by atoms with Crippen LogP contribution in [0, 0.1) is 0 Å². The molecule has 0 bridgehead atoms. The molecule has 0 saturated carbocycles. The van der Waals surface area contributed by atoms with Gasteiger partial charge in [-0.05, 0) is 0 Å². The van der Waals surface area contributed by atoms with Crippen LogP contribution in [-0.4, -0.2) is 31.7 Å². The summed E-state index contributed by atoms with van der Waals surface area (Å²) in [5.74, 6) is -13.3. The molecule has 0 aromatic heterocycles. The summed E-state index contributed by atoms with van der Waals surface area (Å²) in [4.78, 5) is 0. The van der Waals surface area contributed by atoms with E-state index in [0.717, 1.165) is 0 Å². The van der Waals surface area contributed by atoms with Gasteiger partial charge in [-0.2, -0.15) is 30.7 Å². The minimum atomic E-state index is -6.79. The number of hydrogen-bond acceptors (Lipinski definition) is 0. The Balaban J connectivity index is 5.38. The van der Waals surface area contributed by atoms with Gasteiger partial charge in [0.25, 0.3) is 0 Å². The normalized spacial score (nSPS) is 15.6. The third-order valence-corrected chi connectivity index (χ3v) is 3.31. The minimum Gasteiger partial charge on any atom is -0.204 e. The Labute approximate surface area is 87.2 Å². The second kappa shape index (κ2) is 3.82. The van der Waals surface area contributed by atoms with Crippen LogP contribution in [0.3, 0.4) is 0 Å². The third-order valence-electron chi connectivity index (χ3n) is 1.26. The lowest BCUT2D eigenvalue weighted by Crippen LogP contribution is -2.62. The molecule has 0 aliphatic carbocycles. The van der Waals surface area contributed by atoms with Crippen molar-refractivity contribution in [1.82, 2.24) is 0 Å². The first-order valence-corrected chi connectivity index (χ1v) is 6.15. The number of hydrogen-bond donors (Lipinski definition) is 0. The molecule has 0 spiro atoms. The molecule has 0 unspecified atom stereocenters. The zero-order valence-electron chi connectivity index (χ0n) is 6.28. The van der Waals surface area contributed by atoms with Gasteiger partial charge in [0.15, 0.2) is 0 Å². The van der Waals surface area contributed by atoms with Gasteiger partial charge in [0.05, 0.1) is 0 Å². The maximum Gasteiger partial charge on any atom is 0.460 e. The van der Waals surface area contributed by atoms with E-state index in [1.807, 2.05) is 0 Å². The lowest BCUT2D eigenvalue weighted by atomic mass is 10.1. The van der Waals surface area contributed by atoms with E-state index in [2.05, 4.69) is 0 Å². The summed E-state index contributed by atoms with van der Waals surface area (Å²) in [7, 11) is -2.26. The molecule has 11 heteroatoms. The standard InChI is InChI=1S/C4BrF9Si/c5-15-4(13,14)2(8,9)1(6,7)3(10,11)12. The largest absolute Gasteiger partial charge is 0.460 e. The molecule has 0 aliphatic heterocycles. The maximum absolute atomic E-state index is 12.2. The van der Waals surface area contributed by atoms with Crippen LogP contribution in [0.15, 0.2) is 0 Å². The third kappa shape index (κ3) is 2.27. The van der Waals surface area contributed by atoms with Crippen LogP contribution >= 0.6 is 15.3 Å².